The molecule has 4 heterocycles. The molecule has 2 unspecified atom stereocenters. The van der Waals surface area contributed by atoms with Crippen molar-refractivity contribution in [2.75, 3.05) is 0 Å². The summed E-state index contributed by atoms with van der Waals surface area (Å²) in [7, 11) is 0. The fourth-order valence-electron chi connectivity index (χ4n) is 7.96. The van der Waals surface area contributed by atoms with E-state index >= 15 is 0 Å². The van der Waals surface area contributed by atoms with Crippen molar-refractivity contribution >= 4 is 6.28 Å². The third-order valence-electron chi connectivity index (χ3n) is 8.33. The van der Waals surface area contributed by atoms with Crippen molar-refractivity contribution in [1.29, 1.82) is 0 Å². The molecule has 5 fully saturated rings. The second kappa shape index (κ2) is 4.37. The highest BCUT2D eigenvalue weighted by atomic mass is 14.9. The summed E-state index contributed by atoms with van der Waals surface area (Å²) in [6.07, 6.45) is 19.9. The fourth-order valence-corrected chi connectivity index (χ4v) is 7.96. The molecule has 0 aromatic carbocycles. The molecular weight excluding hydrogens is 253 g/mol. The smallest absolute Gasteiger partial charge is 0.284 e. The van der Waals surface area contributed by atoms with Crippen LogP contribution in [0.15, 0.2) is 30.6 Å². The quantitative estimate of drug-likeness (QED) is 0.666. The van der Waals surface area contributed by atoms with Crippen molar-refractivity contribution in [3.8, 4) is 0 Å². The second-order valence-electron chi connectivity index (χ2n) is 8.92. The van der Waals surface area contributed by atoms with Gasteiger partial charge < -0.3 is 4.48 Å². The molecule has 1 nitrogen and oxygen atoms in total. The van der Waals surface area contributed by atoms with Gasteiger partial charge in [0.05, 0.1) is 0 Å². The van der Waals surface area contributed by atoms with Crippen LogP contribution in [-0.4, -0.2) is 6.28 Å². The average molecular weight is 281 g/mol. The number of hydrogen-bond donors (Lipinski definition) is 0. The molecule has 1 spiro atoms. The first-order chi connectivity index (χ1) is 10.3. The minimum absolute atomic E-state index is 0.348. The molecule has 2 saturated carbocycles. The van der Waals surface area contributed by atoms with Crippen LogP contribution in [0.5, 0.6) is 0 Å². The van der Waals surface area contributed by atoms with E-state index < -0.39 is 0 Å². The zero-order chi connectivity index (χ0) is 13.9. The van der Waals surface area contributed by atoms with Crippen LogP contribution < -0.4 is 4.48 Å². The van der Waals surface area contributed by atoms with Gasteiger partial charge in [0.15, 0.2) is 0 Å². The lowest BCUT2D eigenvalue weighted by atomic mass is 9.07. The second-order valence-corrected chi connectivity index (χ2v) is 8.92. The van der Waals surface area contributed by atoms with Crippen LogP contribution in [0.4, 0.5) is 0 Å². The summed E-state index contributed by atoms with van der Waals surface area (Å²) < 4.78 is 2.75. The van der Waals surface area contributed by atoms with E-state index in [1.165, 1.54) is 19.3 Å². The Kier molecular flexibility index (Phi) is 2.65. The first-order valence-corrected chi connectivity index (χ1v) is 9.47. The molecule has 2 atom stereocenters. The Morgan fingerprint density at radius 2 is 1.48 bits per heavy atom. The highest BCUT2D eigenvalue weighted by Gasteiger charge is 2.66. The molecule has 2 aliphatic carbocycles. The first-order valence-electron chi connectivity index (χ1n) is 9.47. The number of pyridine rings is 1. The number of hydrogen-bond acceptors (Lipinski definition) is 0. The van der Waals surface area contributed by atoms with Crippen molar-refractivity contribution in [2.24, 2.45) is 17.8 Å². The van der Waals surface area contributed by atoms with Crippen LogP contribution in [0.25, 0.3) is 0 Å². The standard InChI is InChI=1S/C19H28BN/c1-3-7-19(8-4-1)18-12-16-11-17(13-18)15-20(19,14-16)21-9-5-2-6-10-21/h2,5-6,9-10,16-18H,1,3-4,7-8,11-15H2. The van der Waals surface area contributed by atoms with E-state index in [0.29, 0.717) is 5.31 Å². The topological polar surface area (TPSA) is 3.88 Å². The van der Waals surface area contributed by atoms with Gasteiger partial charge in [-0.25, -0.2) is 0 Å². The predicted octanol–water partition coefficient (Wildman–Crippen LogP) is 4.53. The summed E-state index contributed by atoms with van der Waals surface area (Å²) in [5.74, 6) is 3.18. The third kappa shape index (κ3) is 1.57. The van der Waals surface area contributed by atoms with E-state index in [2.05, 4.69) is 35.1 Å². The summed E-state index contributed by atoms with van der Waals surface area (Å²) in [5.41, 5.74) is 0. The fraction of sp³-hybridized carbons (Fsp3) is 0.737. The number of rotatable bonds is 1. The lowest BCUT2D eigenvalue weighted by Gasteiger charge is -2.69. The van der Waals surface area contributed by atoms with Gasteiger partial charge in [-0.05, 0) is 12.1 Å². The van der Waals surface area contributed by atoms with Crippen LogP contribution in [0, 0.1) is 17.8 Å². The molecule has 112 valence electrons. The summed E-state index contributed by atoms with van der Waals surface area (Å²) in [4.78, 5) is 0. The minimum atomic E-state index is -0.348. The number of nitrogens with zero attached hydrogens (tertiary/aromatic N) is 1. The van der Waals surface area contributed by atoms with Gasteiger partial charge in [-0.1, -0.05) is 80.5 Å². The van der Waals surface area contributed by atoms with Gasteiger partial charge in [-0.2, -0.15) is 0 Å². The van der Waals surface area contributed by atoms with Crippen LogP contribution in [0.1, 0.15) is 51.4 Å². The summed E-state index contributed by atoms with van der Waals surface area (Å²) in [6, 6.07) is 6.74. The largest absolute Gasteiger partial charge is 0.426 e. The van der Waals surface area contributed by atoms with Gasteiger partial charge in [0.1, 0.15) is 12.4 Å². The van der Waals surface area contributed by atoms with Gasteiger partial charge in [0, 0.05) is 0 Å². The van der Waals surface area contributed by atoms with Crippen molar-refractivity contribution in [3.05, 3.63) is 30.6 Å². The van der Waals surface area contributed by atoms with Crippen LogP contribution in [-0.2, 0) is 0 Å². The first kappa shape index (κ1) is 12.7. The third-order valence-corrected chi connectivity index (χ3v) is 8.33. The van der Waals surface area contributed by atoms with Crippen LogP contribution in [0.3, 0.4) is 0 Å². The zero-order valence-corrected chi connectivity index (χ0v) is 13.2. The normalized spacial score (nSPS) is 43.3. The molecule has 6 rings (SSSR count). The molecule has 3 saturated heterocycles. The molecule has 1 aromatic heterocycles. The molecule has 1 aromatic rings. The Hall–Kier alpha value is -0.785. The molecule has 0 N–H and O–H groups in total. The highest BCUT2D eigenvalue weighted by Crippen LogP contribution is 2.70. The summed E-state index contributed by atoms with van der Waals surface area (Å²) in [6.45, 7) is 0. The van der Waals surface area contributed by atoms with Gasteiger partial charge >= 0.3 is 0 Å². The maximum absolute atomic E-state index is 2.75. The molecule has 0 amide bonds. The van der Waals surface area contributed by atoms with Crippen LogP contribution >= 0.6 is 0 Å². The maximum Gasteiger partial charge on any atom is 0.284 e. The lowest BCUT2D eigenvalue weighted by molar-refractivity contribution is -0.556. The maximum atomic E-state index is 2.75. The van der Waals surface area contributed by atoms with Crippen molar-refractivity contribution in [2.45, 2.75) is 69.3 Å². The van der Waals surface area contributed by atoms with Gasteiger partial charge in [-0.15, -0.1) is 12.6 Å². The van der Waals surface area contributed by atoms with E-state index in [4.69, 9.17) is 0 Å². The predicted molar refractivity (Wildman–Crippen MR) is 87.5 cm³/mol. The molecule has 21 heavy (non-hydrogen) atoms. The minimum Gasteiger partial charge on any atom is -0.426 e. The molecule has 5 aliphatic rings. The van der Waals surface area contributed by atoms with E-state index in [-0.39, 0.29) is 6.28 Å². The van der Waals surface area contributed by atoms with Crippen molar-refractivity contribution in [3.63, 3.8) is 0 Å². The Balaban J connectivity index is 1.68. The Bertz CT molecular complexity index is 520. The lowest BCUT2D eigenvalue weighted by Crippen LogP contribution is -2.78. The summed E-state index contributed by atoms with van der Waals surface area (Å²) >= 11 is 0. The Labute approximate surface area is 129 Å². The SMILES string of the molecule is c1cc[n+]([B-]23CC4CC(CC(C4)C24CCCCC4)C3)cc1. The van der Waals surface area contributed by atoms with Crippen LogP contribution in [0.2, 0.25) is 18.0 Å². The van der Waals surface area contributed by atoms with E-state index in [1.54, 1.807) is 44.7 Å². The monoisotopic (exact) mass is 281 g/mol. The highest BCUT2D eigenvalue weighted by molar-refractivity contribution is 6.75. The molecular formula is C19H28BN. The van der Waals surface area contributed by atoms with Gasteiger partial charge in [-0.3, -0.25) is 0 Å². The molecule has 4 bridgehead atoms. The van der Waals surface area contributed by atoms with E-state index in [0.717, 1.165) is 17.8 Å². The number of aromatic nitrogens is 1. The average Bonchev–Trinajstić information content (AvgIpc) is 2.54. The Morgan fingerprint density at radius 3 is 2.14 bits per heavy atom. The van der Waals surface area contributed by atoms with Crippen molar-refractivity contribution < 1.29 is 4.48 Å². The molecule has 3 aliphatic heterocycles. The molecule has 0 radical (unpaired) electrons. The van der Waals surface area contributed by atoms with Crippen molar-refractivity contribution in [1.82, 2.24) is 0 Å². The zero-order valence-electron chi connectivity index (χ0n) is 13.2. The van der Waals surface area contributed by atoms with Gasteiger partial charge in [0.2, 0.25) is 0 Å². The van der Waals surface area contributed by atoms with Gasteiger partial charge in [0.25, 0.3) is 6.28 Å². The van der Waals surface area contributed by atoms with E-state index in [9.17, 15) is 0 Å². The Morgan fingerprint density at radius 1 is 0.810 bits per heavy atom. The summed E-state index contributed by atoms with van der Waals surface area (Å²) in [5, 5.41) is 0.706. The van der Waals surface area contributed by atoms with E-state index in [1.807, 2.05) is 0 Å². The molecule has 2 heteroatoms.